The van der Waals surface area contributed by atoms with Crippen LogP contribution in [0.4, 0.5) is 0 Å². The normalized spacial score (nSPS) is 8.00. The van der Waals surface area contributed by atoms with Crippen LogP contribution >= 0.6 is 11.5 Å². The fourth-order valence-electron chi connectivity index (χ4n) is 0.289. The van der Waals surface area contributed by atoms with E-state index in [4.69, 9.17) is 5.53 Å². The molecule has 0 amide bonds. The summed E-state index contributed by atoms with van der Waals surface area (Å²) in [7, 11) is 0. The molecule has 4 nitrogen and oxygen atoms in total. The Kier molecular flexibility index (Phi) is 1.46. The van der Waals surface area contributed by atoms with Gasteiger partial charge in [-0.1, -0.05) is 4.49 Å². The topological polar surface area (TPSA) is 62.2 Å². The van der Waals surface area contributed by atoms with Crippen molar-refractivity contribution in [3.05, 3.63) is 16.6 Å². The lowest BCUT2D eigenvalue weighted by molar-refractivity contribution is 0.00480. The summed E-state index contributed by atoms with van der Waals surface area (Å²) in [6.45, 7) is 0. The predicted molar refractivity (Wildman–Crippen MR) is 28.7 cm³/mol. The zero-order valence-electron chi connectivity index (χ0n) is 3.85. The molecule has 0 saturated heterocycles. The molecule has 0 fully saturated rings. The third-order valence-electron chi connectivity index (χ3n) is 0.563. The van der Waals surface area contributed by atoms with Gasteiger partial charge in [-0.2, -0.15) is 4.79 Å². The average Bonchev–Trinajstić information content (AvgIpc) is 2.19. The van der Waals surface area contributed by atoms with Crippen LogP contribution in [-0.4, -0.2) is 20.6 Å². The molecule has 0 aliphatic carbocycles. The fraction of sp³-hybridized carbons (Fsp3) is 0. The van der Waals surface area contributed by atoms with Gasteiger partial charge in [0.15, 0.2) is 0 Å². The van der Waals surface area contributed by atoms with E-state index in [1.54, 1.807) is 0 Å². The van der Waals surface area contributed by atoms with E-state index in [0.29, 0.717) is 0 Å². The van der Waals surface area contributed by atoms with Crippen LogP contribution in [0.3, 0.4) is 0 Å². The van der Waals surface area contributed by atoms with Gasteiger partial charge in [0.05, 0.1) is 6.20 Å². The van der Waals surface area contributed by atoms with Crippen molar-refractivity contribution < 1.29 is 4.79 Å². The molecular formula is C3H2N4S. The summed E-state index contributed by atoms with van der Waals surface area (Å²) in [5.74, 6) is 0. The van der Waals surface area contributed by atoms with Crippen LogP contribution in [0.1, 0.15) is 4.88 Å². The highest BCUT2D eigenvalue weighted by molar-refractivity contribution is 7.07. The Bertz CT molecular complexity index is 197. The number of rotatable bonds is 1. The van der Waals surface area contributed by atoms with Gasteiger partial charge in [0.1, 0.15) is 4.88 Å². The number of nitrogens with zero attached hydrogens (tertiary/aromatic N) is 4. The molecule has 0 spiro atoms. The van der Waals surface area contributed by atoms with Gasteiger partial charge in [0.25, 0.3) is 0 Å². The van der Waals surface area contributed by atoms with Gasteiger partial charge in [0, 0.05) is 0 Å². The first-order valence-corrected chi connectivity index (χ1v) is 2.65. The van der Waals surface area contributed by atoms with Crippen molar-refractivity contribution in [1.82, 2.24) is 9.59 Å². The summed E-state index contributed by atoms with van der Waals surface area (Å²) in [6, 6.07) is 0. The van der Waals surface area contributed by atoms with E-state index in [-0.39, 0.29) is 0 Å². The lowest BCUT2D eigenvalue weighted by Crippen LogP contribution is -1.69. The molecule has 1 rings (SSSR count). The maximum absolute atomic E-state index is 7.96. The minimum Gasteiger partial charge on any atom is -0.361 e. The molecule has 0 radical (unpaired) electrons. The SMILES string of the molecule is [N-]=[N+]=Cc1cnns1. The Morgan fingerprint density at radius 2 is 2.75 bits per heavy atom. The second-order valence-electron chi connectivity index (χ2n) is 1.06. The first-order valence-electron chi connectivity index (χ1n) is 1.88. The van der Waals surface area contributed by atoms with Crippen LogP contribution in [0.15, 0.2) is 6.20 Å². The Hall–Kier alpha value is -1.06. The van der Waals surface area contributed by atoms with E-state index >= 15 is 0 Å². The van der Waals surface area contributed by atoms with E-state index in [1.807, 2.05) is 0 Å². The Morgan fingerprint density at radius 3 is 3.25 bits per heavy atom. The van der Waals surface area contributed by atoms with Crippen molar-refractivity contribution in [2.24, 2.45) is 0 Å². The van der Waals surface area contributed by atoms with Gasteiger partial charge < -0.3 is 5.53 Å². The van der Waals surface area contributed by atoms with Crippen LogP contribution in [0.2, 0.25) is 0 Å². The van der Waals surface area contributed by atoms with Gasteiger partial charge in [0.2, 0.25) is 0 Å². The van der Waals surface area contributed by atoms with E-state index in [1.165, 1.54) is 23.9 Å². The summed E-state index contributed by atoms with van der Waals surface area (Å²) in [5, 5.41) is 3.51. The van der Waals surface area contributed by atoms with Crippen LogP contribution < -0.4 is 0 Å². The second kappa shape index (κ2) is 2.30. The lowest BCUT2D eigenvalue weighted by Gasteiger charge is -1.58. The first-order chi connectivity index (χ1) is 3.93. The fourth-order valence-corrected chi connectivity index (χ4v) is 0.666. The highest BCUT2D eigenvalue weighted by Gasteiger charge is 1.91. The van der Waals surface area contributed by atoms with Crippen LogP contribution in [0, 0.1) is 0 Å². The minimum atomic E-state index is 0.743. The van der Waals surface area contributed by atoms with Crippen molar-refractivity contribution in [3.63, 3.8) is 0 Å². The Balaban J connectivity index is 2.93. The average molecular weight is 126 g/mol. The maximum Gasteiger partial charge on any atom is 0.300 e. The monoisotopic (exact) mass is 126 g/mol. The van der Waals surface area contributed by atoms with E-state index in [2.05, 4.69) is 14.4 Å². The van der Waals surface area contributed by atoms with Gasteiger partial charge in [-0.3, -0.25) is 0 Å². The highest BCUT2D eigenvalue weighted by atomic mass is 32.1. The number of hydrogen-bond acceptors (Lipinski definition) is 3. The van der Waals surface area contributed by atoms with Gasteiger partial charge in [-0.05, 0) is 11.5 Å². The van der Waals surface area contributed by atoms with Crippen molar-refractivity contribution in [3.8, 4) is 0 Å². The molecule has 0 aliphatic rings. The summed E-state index contributed by atoms with van der Waals surface area (Å²) in [6.07, 6.45) is 2.80. The van der Waals surface area contributed by atoms with E-state index < -0.39 is 0 Å². The summed E-state index contributed by atoms with van der Waals surface area (Å²) in [5.41, 5.74) is 7.96. The molecule has 8 heavy (non-hydrogen) atoms. The van der Waals surface area contributed by atoms with Crippen molar-refractivity contribution in [2.45, 2.75) is 0 Å². The molecule has 40 valence electrons. The van der Waals surface area contributed by atoms with Gasteiger partial charge in [-0.25, -0.2) is 0 Å². The van der Waals surface area contributed by atoms with Crippen molar-refractivity contribution in [1.29, 1.82) is 0 Å². The molecule has 0 aliphatic heterocycles. The smallest absolute Gasteiger partial charge is 0.300 e. The van der Waals surface area contributed by atoms with Gasteiger partial charge >= 0.3 is 6.21 Å². The largest absolute Gasteiger partial charge is 0.361 e. The molecule has 0 atom stereocenters. The first kappa shape index (κ1) is 5.08. The second-order valence-corrected chi connectivity index (χ2v) is 1.88. The molecule has 1 heterocycles. The van der Waals surface area contributed by atoms with Crippen molar-refractivity contribution >= 4 is 17.7 Å². The maximum atomic E-state index is 7.96. The molecule has 5 heteroatoms. The molecular weight excluding hydrogens is 124 g/mol. The summed E-state index contributed by atoms with van der Waals surface area (Å²) in [4.78, 5) is 3.53. The van der Waals surface area contributed by atoms with Crippen LogP contribution in [0.25, 0.3) is 5.53 Å². The summed E-state index contributed by atoms with van der Waals surface area (Å²) < 4.78 is 3.53. The van der Waals surface area contributed by atoms with Crippen LogP contribution in [-0.2, 0) is 0 Å². The molecule has 0 unspecified atom stereocenters. The quantitative estimate of drug-likeness (QED) is 0.306. The predicted octanol–water partition coefficient (Wildman–Crippen LogP) is 0.187. The Labute approximate surface area is 49.6 Å². The molecule has 1 aromatic rings. The van der Waals surface area contributed by atoms with E-state index in [0.717, 1.165) is 4.88 Å². The number of hydrogen-bond donors (Lipinski definition) is 0. The molecule has 0 saturated carbocycles. The standard InChI is InChI=1S/C3H2N4S/c4-5-1-3-2-6-7-8-3/h1-2H. The number of aromatic nitrogens is 2. The zero-order valence-corrected chi connectivity index (χ0v) is 4.67. The molecule has 0 aromatic carbocycles. The molecule has 0 N–H and O–H groups in total. The highest BCUT2D eigenvalue weighted by Crippen LogP contribution is 1.94. The van der Waals surface area contributed by atoms with Crippen molar-refractivity contribution in [2.75, 3.05) is 0 Å². The van der Waals surface area contributed by atoms with E-state index in [9.17, 15) is 0 Å². The third-order valence-corrected chi connectivity index (χ3v) is 1.16. The summed E-state index contributed by atoms with van der Waals surface area (Å²) >= 11 is 1.18. The Morgan fingerprint density at radius 1 is 1.88 bits per heavy atom. The molecule has 0 bridgehead atoms. The van der Waals surface area contributed by atoms with Gasteiger partial charge in [-0.15, -0.1) is 5.10 Å². The third kappa shape index (κ3) is 0.959. The lowest BCUT2D eigenvalue weighted by atomic mass is 10.6. The molecule has 1 aromatic heterocycles. The zero-order chi connectivity index (χ0) is 5.82. The van der Waals surface area contributed by atoms with Crippen LogP contribution in [0.5, 0.6) is 0 Å². The minimum absolute atomic E-state index is 0.743.